The molecule has 1 atom stereocenters. The number of hydrogen-bond donors (Lipinski definition) is 2. The third kappa shape index (κ3) is 10.2. The molecule has 0 aromatic heterocycles. The van der Waals surface area contributed by atoms with Crippen LogP contribution in [0.25, 0.3) is 10.4 Å². The Balaban J connectivity index is 2.29. The second-order valence-electron chi connectivity index (χ2n) is 6.98. The smallest absolute Gasteiger partial charge is 0.352 e. The molecule has 0 radical (unpaired) electrons. The largest absolute Gasteiger partial charge is 0.379 e. The Morgan fingerprint density at radius 2 is 1.72 bits per heavy atom. The first-order valence-corrected chi connectivity index (χ1v) is 10.1. The van der Waals surface area contributed by atoms with Gasteiger partial charge in [0, 0.05) is 30.7 Å². The van der Waals surface area contributed by atoms with Crippen molar-refractivity contribution in [3.05, 3.63) is 10.4 Å². The molecule has 1 aliphatic rings. The summed E-state index contributed by atoms with van der Waals surface area (Å²) in [6.45, 7) is 4.01. The zero-order valence-electron chi connectivity index (χ0n) is 18.1. The molecule has 1 unspecified atom stereocenters. The standard InChI is InChI=1S/C18H28N6O8/c1-12(2)17(22-13(25)5-7-30-9-10-31-8-6-21-23-19)18(29)20-11-16(28)32-24-14(26)3-4-15(24)27/h12,17H,3-11H2,1-2H3,(H,20,29)(H,22,25). The lowest BCUT2D eigenvalue weighted by Crippen LogP contribution is -2.51. The molecule has 14 nitrogen and oxygen atoms in total. The molecule has 4 amide bonds. The van der Waals surface area contributed by atoms with Crippen molar-refractivity contribution >= 4 is 29.6 Å². The second-order valence-corrected chi connectivity index (χ2v) is 6.98. The number of nitrogens with one attached hydrogen (secondary N) is 2. The van der Waals surface area contributed by atoms with Crippen LogP contribution in [-0.4, -0.2) is 80.2 Å². The second kappa shape index (κ2) is 14.7. The molecule has 2 N–H and O–H groups in total. The summed E-state index contributed by atoms with van der Waals surface area (Å²) in [5, 5.41) is 8.60. The van der Waals surface area contributed by atoms with Crippen molar-refractivity contribution < 1.29 is 38.3 Å². The van der Waals surface area contributed by atoms with Crippen LogP contribution in [0, 0.1) is 5.92 Å². The first-order valence-electron chi connectivity index (χ1n) is 10.1. The summed E-state index contributed by atoms with van der Waals surface area (Å²) >= 11 is 0. The van der Waals surface area contributed by atoms with Gasteiger partial charge in [0.15, 0.2) is 0 Å². The van der Waals surface area contributed by atoms with Crippen LogP contribution in [0.4, 0.5) is 0 Å². The molecule has 14 heteroatoms. The summed E-state index contributed by atoms with van der Waals surface area (Å²) < 4.78 is 10.4. The van der Waals surface area contributed by atoms with Gasteiger partial charge in [-0.15, -0.1) is 5.06 Å². The van der Waals surface area contributed by atoms with Crippen LogP contribution < -0.4 is 10.6 Å². The number of ether oxygens (including phenoxy) is 2. The Bertz CT molecular complexity index is 721. The van der Waals surface area contributed by atoms with Gasteiger partial charge in [0.2, 0.25) is 11.8 Å². The van der Waals surface area contributed by atoms with Crippen LogP contribution >= 0.6 is 0 Å². The van der Waals surface area contributed by atoms with Crippen LogP contribution in [0.5, 0.6) is 0 Å². The number of imide groups is 1. The summed E-state index contributed by atoms with van der Waals surface area (Å²) in [4.78, 5) is 66.4. The summed E-state index contributed by atoms with van der Waals surface area (Å²) in [6.07, 6.45) is -0.0569. The van der Waals surface area contributed by atoms with Gasteiger partial charge in [0.05, 0.1) is 26.4 Å². The number of azide groups is 1. The molecule has 0 aromatic carbocycles. The van der Waals surface area contributed by atoms with Gasteiger partial charge in [0.1, 0.15) is 12.6 Å². The van der Waals surface area contributed by atoms with E-state index in [1.807, 2.05) is 0 Å². The summed E-state index contributed by atoms with van der Waals surface area (Å²) in [6, 6.07) is -0.908. The van der Waals surface area contributed by atoms with Gasteiger partial charge < -0.3 is 24.9 Å². The SMILES string of the molecule is CC(C)C(NC(=O)CCOCCOCCN=[N+]=[N-])C(=O)NCC(=O)ON1C(=O)CCC1=O. The topological polar surface area (TPSA) is 189 Å². The van der Waals surface area contributed by atoms with Crippen molar-refractivity contribution in [2.24, 2.45) is 11.0 Å². The van der Waals surface area contributed by atoms with Gasteiger partial charge in [-0.3, -0.25) is 19.2 Å². The lowest BCUT2D eigenvalue weighted by molar-refractivity contribution is -0.196. The van der Waals surface area contributed by atoms with Crippen molar-refractivity contribution in [2.45, 2.75) is 39.2 Å². The van der Waals surface area contributed by atoms with Gasteiger partial charge in [-0.05, 0) is 11.4 Å². The third-order valence-corrected chi connectivity index (χ3v) is 4.12. The van der Waals surface area contributed by atoms with E-state index in [4.69, 9.17) is 15.0 Å². The number of hydrogen-bond acceptors (Lipinski definition) is 9. The van der Waals surface area contributed by atoms with Crippen molar-refractivity contribution in [2.75, 3.05) is 39.5 Å². The highest BCUT2D eigenvalue weighted by atomic mass is 16.7. The van der Waals surface area contributed by atoms with E-state index < -0.39 is 42.2 Å². The van der Waals surface area contributed by atoms with E-state index in [2.05, 4.69) is 25.5 Å². The molecule has 0 aromatic rings. The van der Waals surface area contributed by atoms with Gasteiger partial charge in [-0.25, -0.2) is 4.79 Å². The van der Waals surface area contributed by atoms with Crippen molar-refractivity contribution in [3.8, 4) is 0 Å². The minimum atomic E-state index is -0.981. The minimum Gasteiger partial charge on any atom is -0.379 e. The zero-order valence-corrected chi connectivity index (χ0v) is 18.1. The van der Waals surface area contributed by atoms with Crippen LogP contribution in [0.3, 0.4) is 0 Å². The lowest BCUT2D eigenvalue weighted by atomic mass is 10.0. The van der Waals surface area contributed by atoms with Gasteiger partial charge in [0.25, 0.3) is 11.8 Å². The molecule has 0 aliphatic carbocycles. The fraction of sp³-hybridized carbons (Fsp3) is 0.722. The van der Waals surface area contributed by atoms with Crippen LogP contribution in [0.2, 0.25) is 0 Å². The quantitative estimate of drug-likeness (QED) is 0.109. The number of carbonyl (C=O) groups excluding carboxylic acids is 5. The van der Waals surface area contributed by atoms with Crippen LogP contribution in [-0.2, 0) is 38.3 Å². The van der Waals surface area contributed by atoms with E-state index in [-0.39, 0.29) is 58.2 Å². The molecule has 178 valence electrons. The highest BCUT2D eigenvalue weighted by molar-refractivity contribution is 6.01. The minimum absolute atomic E-state index is 0.0104. The third-order valence-electron chi connectivity index (χ3n) is 4.12. The average molecular weight is 456 g/mol. The normalized spacial score (nSPS) is 14.2. The van der Waals surface area contributed by atoms with Gasteiger partial charge in [-0.1, -0.05) is 19.0 Å². The number of hydroxylamine groups is 2. The molecule has 1 rings (SSSR count). The molecule has 0 saturated carbocycles. The zero-order chi connectivity index (χ0) is 23.9. The first-order chi connectivity index (χ1) is 15.3. The molecule has 1 saturated heterocycles. The summed E-state index contributed by atoms with van der Waals surface area (Å²) in [5.74, 6) is -3.53. The van der Waals surface area contributed by atoms with E-state index in [0.717, 1.165) is 0 Å². The van der Waals surface area contributed by atoms with E-state index >= 15 is 0 Å². The highest BCUT2D eigenvalue weighted by Gasteiger charge is 2.33. The monoisotopic (exact) mass is 456 g/mol. The summed E-state index contributed by atoms with van der Waals surface area (Å²) in [5.41, 5.74) is 8.12. The van der Waals surface area contributed by atoms with Gasteiger partial charge in [-0.2, -0.15) is 0 Å². The fourth-order valence-corrected chi connectivity index (χ4v) is 2.48. The van der Waals surface area contributed by atoms with Gasteiger partial charge >= 0.3 is 5.97 Å². The van der Waals surface area contributed by atoms with Crippen molar-refractivity contribution in [3.63, 3.8) is 0 Å². The number of rotatable bonds is 15. The molecule has 1 fully saturated rings. The van der Waals surface area contributed by atoms with Crippen LogP contribution in [0.15, 0.2) is 5.11 Å². The number of nitrogens with zero attached hydrogens (tertiary/aromatic N) is 4. The molecule has 1 heterocycles. The summed E-state index contributed by atoms with van der Waals surface area (Å²) in [7, 11) is 0. The molecule has 0 spiro atoms. The highest BCUT2D eigenvalue weighted by Crippen LogP contribution is 2.11. The molecular weight excluding hydrogens is 428 g/mol. The predicted molar refractivity (Wildman–Crippen MR) is 107 cm³/mol. The number of amides is 4. The Labute approximate surface area is 184 Å². The molecule has 0 bridgehead atoms. The number of carbonyl (C=O) groups is 5. The molecular formula is C18H28N6O8. The predicted octanol–water partition coefficient (Wildman–Crippen LogP) is -0.416. The van der Waals surface area contributed by atoms with E-state index in [1.165, 1.54) is 0 Å². The van der Waals surface area contributed by atoms with E-state index in [9.17, 15) is 24.0 Å². The van der Waals surface area contributed by atoms with E-state index in [1.54, 1.807) is 13.8 Å². The maximum Gasteiger partial charge on any atom is 0.352 e. The van der Waals surface area contributed by atoms with Crippen molar-refractivity contribution in [1.82, 2.24) is 15.7 Å². The Kier molecular flexibility index (Phi) is 12.3. The lowest BCUT2D eigenvalue weighted by Gasteiger charge is -2.21. The Morgan fingerprint density at radius 1 is 1.09 bits per heavy atom. The maximum atomic E-state index is 12.4. The molecule has 32 heavy (non-hydrogen) atoms. The fourth-order valence-electron chi connectivity index (χ4n) is 2.48. The Hall–Kier alpha value is -3.22. The maximum absolute atomic E-state index is 12.4. The molecule has 1 aliphatic heterocycles. The van der Waals surface area contributed by atoms with Crippen molar-refractivity contribution in [1.29, 1.82) is 0 Å². The Morgan fingerprint density at radius 3 is 2.31 bits per heavy atom. The van der Waals surface area contributed by atoms with E-state index in [0.29, 0.717) is 5.06 Å². The van der Waals surface area contributed by atoms with Crippen LogP contribution in [0.1, 0.15) is 33.1 Å². The average Bonchev–Trinajstić information content (AvgIpc) is 3.06. The first kappa shape index (κ1) is 26.8.